The molecule has 0 aromatic rings. The Morgan fingerprint density at radius 2 is 1.48 bits per heavy atom. The molecule has 0 N–H and O–H groups in total. The highest BCUT2D eigenvalue weighted by Gasteiger charge is 2.14. The summed E-state index contributed by atoms with van der Waals surface area (Å²) in [6.07, 6.45) is 2.42. The van der Waals surface area contributed by atoms with E-state index in [0.717, 1.165) is 25.9 Å². The molecule has 0 saturated heterocycles. The monoisotopic (exact) mass is 345 g/mol. The third kappa shape index (κ3) is 14.8. The van der Waals surface area contributed by atoms with Gasteiger partial charge in [0.1, 0.15) is 0 Å². The minimum Gasteiger partial charge on any atom is -0.463 e. The minimum absolute atomic E-state index is 0.0919. The zero-order chi connectivity index (χ0) is 17.8. The first-order chi connectivity index (χ1) is 10.7. The van der Waals surface area contributed by atoms with Crippen LogP contribution in [-0.2, 0) is 14.3 Å². The predicted octanol–water partition coefficient (Wildman–Crippen LogP) is 3.98. The Kier molecular flexibility index (Phi) is 12.5. The first kappa shape index (κ1) is 22.4. The number of hydrogen-bond donors (Lipinski definition) is 0. The summed E-state index contributed by atoms with van der Waals surface area (Å²) < 4.78 is 5.07. The maximum absolute atomic E-state index is 12.1. The number of carbonyl (C=O) groups excluding carboxylic acids is 2. The van der Waals surface area contributed by atoms with Crippen LogP contribution in [0.2, 0.25) is 0 Å². The number of esters is 1. The van der Waals surface area contributed by atoms with Crippen LogP contribution in [0.1, 0.15) is 60.8 Å². The van der Waals surface area contributed by atoms with Gasteiger partial charge in [0.25, 0.3) is 0 Å². The molecule has 0 aromatic carbocycles. The number of carbonyl (C=O) groups is 2. The SMILES string of the molecule is CC(C)CCN(CCC(C)C)CC(=O)SCCC(=O)OC(C)C. The van der Waals surface area contributed by atoms with Gasteiger partial charge in [-0.2, -0.15) is 0 Å². The topological polar surface area (TPSA) is 46.6 Å². The lowest BCUT2D eigenvalue weighted by Crippen LogP contribution is -2.32. The quantitative estimate of drug-likeness (QED) is 0.501. The van der Waals surface area contributed by atoms with Crippen molar-refractivity contribution in [3.8, 4) is 0 Å². The van der Waals surface area contributed by atoms with E-state index in [1.807, 2.05) is 13.8 Å². The van der Waals surface area contributed by atoms with E-state index < -0.39 is 0 Å². The first-order valence-electron chi connectivity index (χ1n) is 8.78. The lowest BCUT2D eigenvalue weighted by Gasteiger charge is -2.23. The van der Waals surface area contributed by atoms with Crippen molar-refractivity contribution in [2.24, 2.45) is 11.8 Å². The normalized spacial score (nSPS) is 11.7. The van der Waals surface area contributed by atoms with Gasteiger partial charge in [0.2, 0.25) is 5.12 Å². The average Bonchev–Trinajstić information content (AvgIpc) is 2.40. The highest BCUT2D eigenvalue weighted by molar-refractivity contribution is 8.13. The standard InChI is InChI=1S/C18H35NO3S/c1-14(2)7-10-19(11-8-15(3)4)13-18(21)23-12-9-17(20)22-16(5)6/h14-16H,7-13H2,1-6H3. The molecule has 0 bridgehead atoms. The van der Waals surface area contributed by atoms with Crippen LogP contribution in [-0.4, -0.2) is 47.5 Å². The third-order valence-electron chi connectivity index (χ3n) is 3.33. The molecule has 0 aliphatic heterocycles. The van der Waals surface area contributed by atoms with Gasteiger partial charge >= 0.3 is 5.97 Å². The van der Waals surface area contributed by atoms with Crippen molar-refractivity contribution < 1.29 is 14.3 Å². The second-order valence-corrected chi connectivity index (χ2v) is 8.30. The molecule has 0 aromatic heterocycles. The molecule has 0 fully saturated rings. The number of thioether (sulfide) groups is 1. The summed E-state index contributed by atoms with van der Waals surface area (Å²) >= 11 is 1.25. The summed E-state index contributed by atoms with van der Waals surface area (Å²) in [4.78, 5) is 25.8. The summed E-state index contributed by atoms with van der Waals surface area (Å²) in [7, 11) is 0. The Hall–Kier alpha value is -0.550. The van der Waals surface area contributed by atoms with Gasteiger partial charge in [-0.1, -0.05) is 39.5 Å². The Bertz CT molecular complexity index is 331. The van der Waals surface area contributed by atoms with E-state index in [1.54, 1.807) is 0 Å². The molecule has 0 atom stereocenters. The van der Waals surface area contributed by atoms with Crippen molar-refractivity contribution in [2.75, 3.05) is 25.4 Å². The number of hydrogen-bond acceptors (Lipinski definition) is 5. The van der Waals surface area contributed by atoms with Crippen molar-refractivity contribution in [2.45, 2.75) is 66.9 Å². The van der Waals surface area contributed by atoms with Gasteiger partial charge < -0.3 is 4.74 Å². The van der Waals surface area contributed by atoms with Crippen molar-refractivity contribution in [3.05, 3.63) is 0 Å². The number of ether oxygens (including phenoxy) is 1. The van der Waals surface area contributed by atoms with Gasteiger partial charge in [0.05, 0.1) is 19.1 Å². The van der Waals surface area contributed by atoms with Crippen LogP contribution >= 0.6 is 11.8 Å². The zero-order valence-corrected chi connectivity index (χ0v) is 16.6. The summed E-state index contributed by atoms with van der Waals surface area (Å²) in [6.45, 7) is 14.9. The van der Waals surface area contributed by atoms with Crippen LogP contribution < -0.4 is 0 Å². The van der Waals surface area contributed by atoms with E-state index in [2.05, 4.69) is 32.6 Å². The number of nitrogens with zero attached hydrogens (tertiary/aromatic N) is 1. The molecular weight excluding hydrogens is 310 g/mol. The fourth-order valence-electron chi connectivity index (χ4n) is 1.95. The molecule has 5 heteroatoms. The molecule has 0 saturated carbocycles. The van der Waals surface area contributed by atoms with E-state index in [9.17, 15) is 9.59 Å². The van der Waals surface area contributed by atoms with Crippen molar-refractivity contribution in [3.63, 3.8) is 0 Å². The molecule has 0 radical (unpaired) electrons. The largest absolute Gasteiger partial charge is 0.463 e. The van der Waals surface area contributed by atoms with Crippen molar-refractivity contribution >= 4 is 22.8 Å². The zero-order valence-electron chi connectivity index (χ0n) is 15.8. The van der Waals surface area contributed by atoms with Crippen LogP contribution in [0.4, 0.5) is 0 Å². The van der Waals surface area contributed by atoms with Crippen LogP contribution in [0, 0.1) is 11.8 Å². The molecule has 0 rings (SSSR count). The fraction of sp³-hybridized carbons (Fsp3) is 0.889. The second kappa shape index (κ2) is 12.8. The minimum atomic E-state index is -0.225. The molecule has 0 spiro atoms. The third-order valence-corrected chi connectivity index (χ3v) is 4.19. The highest BCUT2D eigenvalue weighted by Crippen LogP contribution is 2.11. The molecule has 0 aliphatic carbocycles. The van der Waals surface area contributed by atoms with Crippen molar-refractivity contribution in [1.29, 1.82) is 0 Å². The van der Waals surface area contributed by atoms with Gasteiger partial charge in [-0.3, -0.25) is 14.5 Å². The van der Waals surface area contributed by atoms with Gasteiger partial charge in [-0.05, 0) is 51.6 Å². The van der Waals surface area contributed by atoms with E-state index >= 15 is 0 Å². The maximum atomic E-state index is 12.1. The Labute approximate surface area is 146 Å². The number of rotatable bonds is 12. The highest BCUT2D eigenvalue weighted by atomic mass is 32.2. The van der Waals surface area contributed by atoms with Gasteiger partial charge in [0.15, 0.2) is 0 Å². The smallest absolute Gasteiger partial charge is 0.306 e. The van der Waals surface area contributed by atoms with E-state index in [-0.39, 0.29) is 17.2 Å². The second-order valence-electron chi connectivity index (χ2n) is 7.15. The summed E-state index contributed by atoms with van der Waals surface area (Å²) in [5.74, 6) is 1.57. The molecule has 0 aliphatic rings. The van der Waals surface area contributed by atoms with Crippen molar-refractivity contribution in [1.82, 2.24) is 4.90 Å². The predicted molar refractivity (Wildman–Crippen MR) is 98.7 cm³/mol. The molecule has 0 unspecified atom stereocenters. The Morgan fingerprint density at radius 3 is 1.91 bits per heavy atom. The summed E-state index contributed by atoms with van der Waals surface area (Å²) in [5, 5.41) is 0.148. The Morgan fingerprint density at radius 1 is 0.957 bits per heavy atom. The van der Waals surface area contributed by atoms with E-state index in [1.165, 1.54) is 11.8 Å². The average molecular weight is 346 g/mol. The van der Waals surface area contributed by atoms with Gasteiger partial charge in [-0.25, -0.2) is 0 Å². The van der Waals surface area contributed by atoms with Gasteiger partial charge in [-0.15, -0.1) is 0 Å². The van der Waals surface area contributed by atoms with Crippen LogP contribution in [0.5, 0.6) is 0 Å². The van der Waals surface area contributed by atoms with Gasteiger partial charge in [0, 0.05) is 5.75 Å². The van der Waals surface area contributed by atoms with E-state index in [4.69, 9.17) is 4.74 Å². The fourth-order valence-corrected chi connectivity index (χ4v) is 2.72. The Balaban J connectivity index is 4.12. The first-order valence-corrected chi connectivity index (χ1v) is 9.76. The molecule has 4 nitrogen and oxygen atoms in total. The lowest BCUT2D eigenvalue weighted by atomic mass is 10.1. The molecule has 23 heavy (non-hydrogen) atoms. The van der Waals surface area contributed by atoms with Crippen LogP contribution in [0.25, 0.3) is 0 Å². The molecule has 0 amide bonds. The van der Waals surface area contributed by atoms with Crippen LogP contribution in [0.3, 0.4) is 0 Å². The molecule has 0 heterocycles. The lowest BCUT2D eigenvalue weighted by molar-refractivity contribution is -0.146. The summed E-state index contributed by atoms with van der Waals surface area (Å²) in [6, 6.07) is 0. The van der Waals surface area contributed by atoms with Crippen LogP contribution in [0.15, 0.2) is 0 Å². The molecule has 136 valence electrons. The summed E-state index contributed by atoms with van der Waals surface area (Å²) in [5.41, 5.74) is 0. The maximum Gasteiger partial charge on any atom is 0.306 e. The van der Waals surface area contributed by atoms with E-state index in [0.29, 0.717) is 30.6 Å². The molecular formula is C18H35NO3S.